The Labute approximate surface area is 134 Å². The fourth-order valence-corrected chi connectivity index (χ4v) is 2.55. The van der Waals surface area contributed by atoms with Crippen molar-refractivity contribution in [1.29, 1.82) is 0 Å². The predicted molar refractivity (Wildman–Crippen MR) is 84.7 cm³/mol. The van der Waals surface area contributed by atoms with Crippen molar-refractivity contribution in [3.05, 3.63) is 41.0 Å². The summed E-state index contributed by atoms with van der Waals surface area (Å²) < 4.78 is 38.2. The van der Waals surface area contributed by atoms with E-state index >= 15 is 0 Å². The Morgan fingerprint density at radius 3 is 2.78 bits per heavy atom. The van der Waals surface area contributed by atoms with Gasteiger partial charge in [0, 0.05) is 6.42 Å². The molecular weight excluding hydrogens is 329 g/mol. The molecule has 8 heteroatoms. The molecule has 1 aliphatic heterocycles. The normalized spacial score (nSPS) is 17.0. The van der Waals surface area contributed by atoms with Crippen LogP contribution >= 0.6 is 11.8 Å². The standard InChI is InChI=1S/C15H13F3N2O2S/c1-9-11(7-13(20-19-9)23-8-14(21)22)5-10-3-2-4-12(6-10)15(16,17)18/h2-6H,7-8H2,1H3,(H,21,22)/b11-5+. The lowest BCUT2D eigenvalue weighted by molar-refractivity contribution is -0.137. The number of carbonyl (C=O) groups is 1. The molecule has 1 N–H and O–H groups in total. The number of alkyl halides is 3. The molecule has 0 spiro atoms. The Morgan fingerprint density at radius 1 is 1.39 bits per heavy atom. The monoisotopic (exact) mass is 342 g/mol. The largest absolute Gasteiger partial charge is 0.481 e. The van der Waals surface area contributed by atoms with Crippen LogP contribution in [-0.2, 0) is 11.0 Å². The number of hydrogen-bond donors (Lipinski definition) is 1. The summed E-state index contributed by atoms with van der Waals surface area (Å²) in [5, 5.41) is 17.0. The van der Waals surface area contributed by atoms with Crippen LogP contribution in [0.4, 0.5) is 13.2 Å². The van der Waals surface area contributed by atoms with Crippen LogP contribution in [0.25, 0.3) is 6.08 Å². The van der Waals surface area contributed by atoms with E-state index in [1.807, 2.05) is 0 Å². The lowest BCUT2D eigenvalue weighted by Gasteiger charge is -2.13. The Bertz CT molecular complexity index is 709. The Kier molecular flexibility index (Phi) is 5.25. The molecule has 1 aromatic rings. The van der Waals surface area contributed by atoms with E-state index in [1.54, 1.807) is 19.1 Å². The molecule has 122 valence electrons. The van der Waals surface area contributed by atoms with Gasteiger partial charge in [-0.25, -0.2) is 0 Å². The molecule has 0 atom stereocenters. The molecule has 0 aliphatic carbocycles. The minimum atomic E-state index is -4.39. The van der Waals surface area contributed by atoms with Crippen LogP contribution in [0.15, 0.2) is 40.0 Å². The first-order valence-electron chi connectivity index (χ1n) is 6.59. The molecule has 0 radical (unpaired) electrons. The quantitative estimate of drug-likeness (QED) is 0.900. The average molecular weight is 342 g/mol. The molecule has 0 unspecified atom stereocenters. The number of carboxylic acid groups (broad SMARTS) is 1. The number of benzene rings is 1. The number of rotatable bonds is 3. The number of nitrogens with zero attached hydrogens (tertiary/aromatic N) is 2. The lowest BCUT2D eigenvalue weighted by atomic mass is 10.0. The van der Waals surface area contributed by atoms with Gasteiger partial charge in [0.1, 0.15) is 5.04 Å². The fourth-order valence-electron chi connectivity index (χ4n) is 1.91. The minimum Gasteiger partial charge on any atom is -0.481 e. The van der Waals surface area contributed by atoms with Crippen LogP contribution in [0.1, 0.15) is 24.5 Å². The number of aliphatic carboxylic acids is 1. The number of allylic oxidation sites excluding steroid dienone is 1. The second-order valence-electron chi connectivity index (χ2n) is 4.83. The van der Waals surface area contributed by atoms with E-state index in [2.05, 4.69) is 10.2 Å². The Hall–Kier alpha value is -2.09. The maximum Gasteiger partial charge on any atom is 0.416 e. The topological polar surface area (TPSA) is 62.0 Å². The zero-order valence-electron chi connectivity index (χ0n) is 12.1. The number of thioether (sulfide) groups is 1. The van der Waals surface area contributed by atoms with Crippen molar-refractivity contribution in [3.8, 4) is 0 Å². The molecular formula is C15H13F3N2O2S. The van der Waals surface area contributed by atoms with Crippen molar-refractivity contribution < 1.29 is 23.1 Å². The first-order chi connectivity index (χ1) is 10.8. The van der Waals surface area contributed by atoms with Gasteiger partial charge in [-0.05, 0) is 36.3 Å². The van der Waals surface area contributed by atoms with E-state index in [-0.39, 0.29) is 5.75 Å². The molecule has 0 bridgehead atoms. The molecule has 0 aromatic heterocycles. The highest BCUT2D eigenvalue weighted by Gasteiger charge is 2.30. The van der Waals surface area contributed by atoms with Gasteiger partial charge >= 0.3 is 12.1 Å². The SMILES string of the molecule is CC1=NN=C(SCC(=O)O)C/C1=C\c1cccc(C(F)(F)F)c1. The predicted octanol–water partition coefficient (Wildman–Crippen LogP) is 4.08. The number of halogens is 3. The summed E-state index contributed by atoms with van der Waals surface area (Å²) >= 11 is 1.05. The first kappa shape index (κ1) is 17.3. The van der Waals surface area contributed by atoms with Crippen molar-refractivity contribution in [2.75, 3.05) is 5.75 Å². The second-order valence-corrected chi connectivity index (χ2v) is 5.88. The molecule has 23 heavy (non-hydrogen) atoms. The number of hydrogen-bond acceptors (Lipinski definition) is 4. The Morgan fingerprint density at radius 2 is 2.13 bits per heavy atom. The summed E-state index contributed by atoms with van der Waals surface area (Å²) in [7, 11) is 0. The molecule has 1 aromatic carbocycles. The van der Waals surface area contributed by atoms with E-state index in [0.29, 0.717) is 28.3 Å². The molecule has 0 saturated carbocycles. The smallest absolute Gasteiger partial charge is 0.416 e. The van der Waals surface area contributed by atoms with Gasteiger partial charge in [-0.15, -0.1) is 5.10 Å². The number of carboxylic acids is 1. The lowest BCUT2D eigenvalue weighted by Crippen LogP contribution is -2.10. The average Bonchev–Trinajstić information content (AvgIpc) is 2.47. The van der Waals surface area contributed by atoms with E-state index < -0.39 is 17.7 Å². The fraction of sp³-hybridized carbons (Fsp3) is 0.267. The third kappa shape index (κ3) is 4.95. The zero-order chi connectivity index (χ0) is 17.0. The van der Waals surface area contributed by atoms with Gasteiger partial charge in [0.05, 0.1) is 17.0 Å². The Balaban J connectivity index is 2.21. The van der Waals surface area contributed by atoms with Gasteiger partial charge in [0.15, 0.2) is 0 Å². The van der Waals surface area contributed by atoms with Crippen LogP contribution in [0, 0.1) is 0 Å². The summed E-state index contributed by atoms with van der Waals surface area (Å²) in [5.74, 6) is -1.10. The highest BCUT2D eigenvalue weighted by molar-refractivity contribution is 8.14. The molecule has 1 aliphatic rings. The van der Waals surface area contributed by atoms with E-state index in [1.165, 1.54) is 6.07 Å². The van der Waals surface area contributed by atoms with Gasteiger partial charge in [-0.3, -0.25) is 4.79 Å². The minimum absolute atomic E-state index is 0.135. The van der Waals surface area contributed by atoms with Gasteiger partial charge in [0.2, 0.25) is 0 Å². The van der Waals surface area contributed by atoms with Gasteiger partial charge in [0.25, 0.3) is 0 Å². The van der Waals surface area contributed by atoms with Crippen LogP contribution in [-0.4, -0.2) is 27.6 Å². The zero-order valence-corrected chi connectivity index (χ0v) is 12.9. The van der Waals surface area contributed by atoms with Gasteiger partial charge in [-0.2, -0.15) is 18.3 Å². The van der Waals surface area contributed by atoms with Crippen molar-refractivity contribution >= 4 is 34.6 Å². The summed E-state index contributed by atoms with van der Waals surface area (Å²) in [6.07, 6.45) is -2.43. The van der Waals surface area contributed by atoms with Gasteiger partial charge < -0.3 is 5.11 Å². The molecule has 0 amide bonds. The molecule has 2 rings (SSSR count). The molecule has 0 saturated heterocycles. The van der Waals surface area contributed by atoms with Crippen LogP contribution < -0.4 is 0 Å². The highest BCUT2D eigenvalue weighted by atomic mass is 32.2. The highest BCUT2D eigenvalue weighted by Crippen LogP contribution is 2.30. The molecule has 4 nitrogen and oxygen atoms in total. The summed E-state index contributed by atoms with van der Waals surface area (Å²) in [6.45, 7) is 1.71. The van der Waals surface area contributed by atoms with Crippen LogP contribution in [0.3, 0.4) is 0 Å². The van der Waals surface area contributed by atoms with Crippen LogP contribution in [0.2, 0.25) is 0 Å². The summed E-state index contributed by atoms with van der Waals surface area (Å²) in [5.41, 5.74) is 1.01. The van der Waals surface area contributed by atoms with Gasteiger partial charge in [-0.1, -0.05) is 23.9 Å². The first-order valence-corrected chi connectivity index (χ1v) is 7.58. The third-order valence-corrected chi connectivity index (χ3v) is 3.99. The summed E-state index contributed by atoms with van der Waals surface area (Å²) in [4.78, 5) is 10.6. The van der Waals surface area contributed by atoms with Crippen LogP contribution in [0.5, 0.6) is 0 Å². The van der Waals surface area contributed by atoms with Crippen molar-refractivity contribution in [2.45, 2.75) is 19.5 Å². The van der Waals surface area contributed by atoms with Crippen molar-refractivity contribution in [3.63, 3.8) is 0 Å². The van der Waals surface area contributed by atoms with Crippen molar-refractivity contribution in [1.82, 2.24) is 0 Å². The second kappa shape index (κ2) is 6.99. The maximum absolute atomic E-state index is 12.7. The van der Waals surface area contributed by atoms with E-state index in [9.17, 15) is 18.0 Å². The van der Waals surface area contributed by atoms with E-state index in [0.717, 1.165) is 23.9 Å². The molecule has 0 fully saturated rings. The molecule has 1 heterocycles. The summed E-state index contributed by atoms with van der Waals surface area (Å²) in [6, 6.07) is 5.00. The van der Waals surface area contributed by atoms with E-state index in [4.69, 9.17) is 5.11 Å². The third-order valence-electron chi connectivity index (χ3n) is 3.04. The maximum atomic E-state index is 12.7. The van der Waals surface area contributed by atoms with Crippen molar-refractivity contribution in [2.24, 2.45) is 10.2 Å².